The molecule has 0 aliphatic carbocycles. The van der Waals surface area contributed by atoms with E-state index in [0.29, 0.717) is 11.5 Å². The van der Waals surface area contributed by atoms with E-state index < -0.39 is 0 Å². The predicted octanol–water partition coefficient (Wildman–Crippen LogP) is 3.88. The molecule has 0 atom stereocenters. The minimum atomic E-state index is -0.297. The molecule has 1 aliphatic rings. The molecule has 8 nitrogen and oxygen atoms in total. The molecule has 1 amide bonds. The summed E-state index contributed by atoms with van der Waals surface area (Å²) < 4.78 is 16.4. The standard InChI is InChI=1S/C24H28N4O4/c1-27(24(29)32-16-17-7-5-4-6-8-17)19-9-11-28(12-10-19)23-20-14-22(31-3)21(30-2)13-18(20)15-25-26-23/h4-8,13-15,19H,9-12,16H2,1-3H3. The van der Waals surface area contributed by atoms with Crippen LogP contribution in [0.1, 0.15) is 18.4 Å². The van der Waals surface area contributed by atoms with Gasteiger partial charge in [-0.3, -0.25) is 0 Å². The van der Waals surface area contributed by atoms with Crippen LogP contribution in [0.5, 0.6) is 11.5 Å². The van der Waals surface area contributed by atoms with Crippen LogP contribution in [0.2, 0.25) is 0 Å². The van der Waals surface area contributed by atoms with Gasteiger partial charge in [-0.15, -0.1) is 5.10 Å². The van der Waals surface area contributed by atoms with Crippen molar-refractivity contribution in [2.24, 2.45) is 0 Å². The lowest BCUT2D eigenvalue weighted by Gasteiger charge is -2.37. The molecule has 2 heterocycles. The normalized spacial score (nSPS) is 14.3. The molecule has 0 radical (unpaired) electrons. The Morgan fingerprint density at radius 1 is 1.09 bits per heavy atom. The number of ether oxygens (including phenoxy) is 3. The number of hydrogen-bond donors (Lipinski definition) is 0. The van der Waals surface area contributed by atoms with Crippen LogP contribution < -0.4 is 14.4 Å². The van der Waals surface area contributed by atoms with Crippen molar-refractivity contribution in [3.63, 3.8) is 0 Å². The lowest BCUT2D eigenvalue weighted by molar-refractivity contribution is 0.0862. The van der Waals surface area contributed by atoms with E-state index in [1.54, 1.807) is 25.3 Å². The van der Waals surface area contributed by atoms with Crippen LogP contribution in [0.3, 0.4) is 0 Å². The van der Waals surface area contributed by atoms with Crippen molar-refractivity contribution in [2.45, 2.75) is 25.5 Å². The average molecular weight is 437 g/mol. The van der Waals surface area contributed by atoms with Crippen molar-refractivity contribution in [3.05, 3.63) is 54.2 Å². The monoisotopic (exact) mass is 436 g/mol. The number of fused-ring (bicyclic) bond motifs is 1. The fraction of sp³-hybridized carbons (Fsp3) is 0.375. The Bertz CT molecular complexity index is 1070. The average Bonchev–Trinajstić information content (AvgIpc) is 2.86. The molecule has 0 spiro atoms. The number of amides is 1. The third-order valence-electron chi connectivity index (χ3n) is 5.95. The predicted molar refractivity (Wildman–Crippen MR) is 122 cm³/mol. The molecule has 4 rings (SSSR count). The van der Waals surface area contributed by atoms with Crippen molar-refractivity contribution >= 4 is 22.7 Å². The number of benzene rings is 2. The summed E-state index contributed by atoms with van der Waals surface area (Å²) in [6.45, 7) is 1.81. The Labute approximate surface area is 187 Å². The van der Waals surface area contributed by atoms with E-state index >= 15 is 0 Å². The van der Waals surface area contributed by atoms with Crippen molar-refractivity contribution in [3.8, 4) is 11.5 Å². The second kappa shape index (κ2) is 9.72. The van der Waals surface area contributed by atoms with Crippen molar-refractivity contribution in [1.82, 2.24) is 15.1 Å². The molecule has 168 valence electrons. The van der Waals surface area contributed by atoms with Crippen LogP contribution in [0.4, 0.5) is 10.6 Å². The van der Waals surface area contributed by atoms with Crippen LogP contribution in [-0.2, 0) is 11.3 Å². The molecule has 32 heavy (non-hydrogen) atoms. The van der Waals surface area contributed by atoms with Crippen LogP contribution in [0.15, 0.2) is 48.7 Å². The van der Waals surface area contributed by atoms with E-state index in [9.17, 15) is 4.79 Å². The zero-order valence-corrected chi connectivity index (χ0v) is 18.7. The zero-order valence-electron chi connectivity index (χ0n) is 18.7. The van der Waals surface area contributed by atoms with Crippen molar-refractivity contribution < 1.29 is 19.0 Å². The van der Waals surface area contributed by atoms with Crippen LogP contribution in [0.25, 0.3) is 10.8 Å². The minimum absolute atomic E-state index is 0.118. The van der Waals surface area contributed by atoms with Gasteiger partial charge < -0.3 is 24.0 Å². The fourth-order valence-electron chi connectivity index (χ4n) is 4.06. The quantitative estimate of drug-likeness (QED) is 0.580. The second-order valence-corrected chi connectivity index (χ2v) is 7.83. The lowest BCUT2D eigenvalue weighted by atomic mass is 10.0. The van der Waals surface area contributed by atoms with Crippen molar-refractivity contribution in [2.75, 3.05) is 39.3 Å². The summed E-state index contributed by atoms with van der Waals surface area (Å²) in [6, 6.07) is 13.7. The number of rotatable bonds is 6. The summed E-state index contributed by atoms with van der Waals surface area (Å²) in [5.41, 5.74) is 0.977. The number of carbonyl (C=O) groups is 1. The molecular weight excluding hydrogens is 408 g/mol. The zero-order chi connectivity index (χ0) is 22.5. The second-order valence-electron chi connectivity index (χ2n) is 7.83. The van der Waals surface area contributed by atoms with Gasteiger partial charge in [0.15, 0.2) is 17.3 Å². The molecule has 2 aromatic carbocycles. The SMILES string of the molecule is COc1cc2cnnc(N3CCC(N(C)C(=O)OCc4ccccc4)CC3)c2cc1OC. The van der Waals surface area contributed by atoms with E-state index in [0.717, 1.165) is 48.1 Å². The maximum atomic E-state index is 12.5. The Morgan fingerprint density at radius 3 is 2.47 bits per heavy atom. The Balaban J connectivity index is 1.41. The number of methoxy groups -OCH3 is 2. The van der Waals surface area contributed by atoms with Gasteiger partial charge in [0.2, 0.25) is 0 Å². The molecular formula is C24H28N4O4. The van der Waals surface area contributed by atoms with Crippen LogP contribution in [0, 0.1) is 0 Å². The van der Waals surface area contributed by atoms with E-state index in [4.69, 9.17) is 14.2 Å². The maximum Gasteiger partial charge on any atom is 0.410 e. The van der Waals surface area contributed by atoms with Gasteiger partial charge in [-0.1, -0.05) is 30.3 Å². The molecule has 1 aliphatic heterocycles. The van der Waals surface area contributed by atoms with E-state index in [1.807, 2.05) is 49.5 Å². The highest BCUT2D eigenvalue weighted by Gasteiger charge is 2.28. The lowest BCUT2D eigenvalue weighted by Crippen LogP contribution is -2.46. The Kier molecular flexibility index (Phi) is 6.58. The molecule has 3 aromatic rings. The molecule has 0 N–H and O–H groups in total. The highest BCUT2D eigenvalue weighted by molar-refractivity contribution is 5.94. The first-order chi connectivity index (χ1) is 15.6. The Hall–Kier alpha value is -3.55. The van der Waals surface area contributed by atoms with Gasteiger partial charge in [0, 0.05) is 37.0 Å². The topological polar surface area (TPSA) is 77.0 Å². The minimum Gasteiger partial charge on any atom is -0.493 e. The molecule has 8 heteroatoms. The summed E-state index contributed by atoms with van der Waals surface area (Å²) in [6.07, 6.45) is 3.07. The summed E-state index contributed by atoms with van der Waals surface area (Å²) in [4.78, 5) is 16.4. The smallest absolute Gasteiger partial charge is 0.410 e. The fourth-order valence-corrected chi connectivity index (χ4v) is 4.06. The third kappa shape index (κ3) is 4.54. The first-order valence-corrected chi connectivity index (χ1v) is 10.7. The molecule has 0 bridgehead atoms. The van der Waals surface area contributed by atoms with E-state index in [-0.39, 0.29) is 18.7 Å². The Morgan fingerprint density at radius 2 is 1.78 bits per heavy atom. The van der Waals surface area contributed by atoms with Gasteiger partial charge in [0.1, 0.15) is 6.61 Å². The van der Waals surface area contributed by atoms with Gasteiger partial charge in [-0.2, -0.15) is 5.10 Å². The number of carbonyl (C=O) groups excluding carboxylic acids is 1. The third-order valence-corrected chi connectivity index (χ3v) is 5.95. The molecule has 1 fully saturated rings. The van der Waals surface area contributed by atoms with Crippen LogP contribution >= 0.6 is 0 Å². The number of aromatic nitrogens is 2. The molecule has 1 aromatic heterocycles. The van der Waals surface area contributed by atoms with Gasteiger partial charge in [0.05, 0.1) is 20.4 Å². The van der Waals surface area contributed by atoms with Crippen LogP contribution in [-0.4, -0.2) is 61.6 Å². The van der Waals surface area contributed by atoms with Gasteiger partial charge in [-0.05, 0) is 30.5 Å². The van der Waals surface area contributed by atoms with Gasteiger partial charge >= 0.3 is 6.09 Å². The maximum absolute atomic E-state index is 12.5. The van der Waals surface area contributed by atoms with Gasteiger partial charge in [-0.25, -0.2) is 4.79 Å². The van der Waals surface area contributed by atoms with Crippen molar-refractivity contribution in [1.29, 1.82) is 0 Å². The highest BCUT2D eigenvalue weighted by Crippen LogP contribution is 2.36. The van der Waals surface area contributed by atoms with E-state index in [2.05, 4.69) is 15.1 Å². The molecule has 1 saturated heterocycles. The largest absolute Gasteiger partial charge is 0.493 e. The van der Waals surface area contributed by atoms with Gasteiger partial charge in [0.25, 0.3) is 0 Å². The molecule has 0 saturated carbocycles. The number of hydrogen-bond acceptors (Lipinski definition) is 7. The summed E-state index contributed by atoms with van der Waals surface area (Å²) >= 11 is 0. The first kappa shape index (κ1) is 21.7. The summed E-state index contributed by atoms with van der Waals surface area (Å²) in [5, 5.41) is 10.5. The number of nitrogens with zero attached hydrogens (tertiary/aromatic N) is 4. The summed E-state index contributed by atoms with van der Waals surface area (Å²) in [7, 11) is 5.05. The van der Waals surface area contributed by atoms with E-state index in [1.165, 1.54) is 0 Å². The summed E-state index contributed by atoms with van der Waals surface area (Å²) in [5.74, 6) is 2.13. The molecule has 0 unspecified atom stereocenters. The first-order valence-electron chi connectivity index (χ1n) is 10.7. The number of anilines is 1. The highest BCUT2D eigenvalue weighted by atomic mass is 16.6. The number of piperidine rings is 1.